The number of nitrogens with zero attached hydrogens (tertiary/aromatic N) is 2. The van der Waals surface area contributed by atoms with Crippen LogP contribution < -0.4 is 0 Å². The third kappa shape index (κ3) is 4.37. The van der Waals surface area contributed by atoms with Crippen molar-refractivity contribution in [1.29, 1.82) is 0 Å². The fourth-order valence-corrected chi connectivity index (χ4v) is 2.88. The fraction of sp³-hybridized carbons (Fsp3) is 0.727. The van der Waals surface area contributed by atoms with Gasteiger partial charge in [0.15, 0.2) is 4.77 Å². The van der Waals surface area contributed by atoms with E-state index in [1.807, 2.05) is 0 Å². The second-order valence-corrected chi connectivity index (χ2v) is 6.87. The predicted octanol–water partition coefficient (Wildman–Crippen LogP) is 6.26. The standard InChI is InChI=1S/C11H6F14N2S3/c12-6(13,8(16,17)10(20,21)22)1-26-3(28)4(29)27(5(26)30)2-7(14,15)9(18,19)11(23,24)25/h28-29H,1-2H2. The predicted molar refractivity (Wildman–Crippen MR) is 79.7 cm³/mol. The minimum Gasteiger partial charge on any atom is -0.305 e. The summed E-state index contributed by atoms with van der Waals surface area (Å²) in [6, 6.07) is 0. The monoisotopic (exact) mass is 528 g/mol. The van der Waals surface area contributed by atoms with Gasteiger partial charge in [0.05, 0.1) is 13.1 Å². The molecule has 0 saturated heterocycles. The van der Waals surface area contributed by atoms with Crippen molar-refractivity contribution in [2.24, 2.45) is 0 Å². The molecule has 0 unspecified atom stereocenters. The van der Waals surface area contributed by atoms with Crippen LogP contribution in [0.5, 0.6) is 0 Å². The van der Waals surface area contributed by atoms with E-state index in [0.717, 1.165) is 0 Å². The fourth-order valence-electron chi connectivity index (χ4n) is 1.86. The van der Waals surface area contributed by atoms with Crippen LogP contribution in [0.25, 0.3) is 0 Å². The topological polar surface area (TPSA) is 9.86 Å². The second-order valence-electron chi connectivity index (χ2n) is 5.66. The zero-order valence-corrected chi connectivity index (χ0v) is 16.0. The van der Waals surface area contributed by atoms with Gasteiger partial charge in [0, 0.05) is 0 Å². The van der Waals surface area contributed by atoms with Crippen molar-refractivity contribution in [3.63, 3.8) is 0 Å². The maximum absolute atomic E-state index is 13.5. The lowest BCUT2D eigenvalue weighted by atomic mass is 10.1. The SMILES string of the molecule is FC(F)(F)C(F)(F)C(F)(F)Cn1c(S)c(S)n(CC(F)(F)C(F)(F)C(F)(F)F)c1=S. The summed E-state index contributed by atoms with van der Waals surface area (Å²) in [5.41, 5.74) is 0. The number of alkyl halides is 14. The summed E-state index contributed by atoms with van der Waals surface area (Å²) in [5.74, 6) is -25.2. The number of rotatable bonds is 6. The van der Waals surface area contributed by atoms with Crippen molar-refractivity contribution < 1.29 is 61.5 Å². The molecule has 2 nitrogen and oxygen atoms in total. The Morgan fingerprint density at radius 3 is 1.00 bits per heavy atom. The molecule has 0 bridgehead atoms. The molecule has 0 aliphatic rings. The van der Waals surface area contributed by atoms with Crippen molar-refractivity contribution in [2.45, 2.75) is 59.2 Å². The molecule has 0 aliphatic carbocycles. The number of imidazole rings is 1. The Balaban J connectivity index is 3.47. The number of aromatic nitrogens is 2. The summed E-state index contributed by atoms with van der Waals surface area (Å²) in [6.45, 7) is -5.28. The summed E-state index contributed by atoms with van der Waals surface area (Å²) >= 11 is 11.0. The van der Waals surface area contributed by atoms with E-state index in [2.05, 4.69) is 37.5 Å². The molecule has 176 valence electrons. The molecule has 1 aromatic rings. The van der Waals surface area contributed by atoms with Crippen LogP contribution in [0.3, 0.4) is 0 Å². The molecule has 19 heteroatoms. The Morgan fingerprint density at radius 1 is 0.567 bits per heavy atom. The van der Waals surface area contributed by atoms with Crippen molar-refractivity contribution in [1.82, 2.24) is 9.13 Å². The highest BCUT2D eigenvalue weighted by molar-refractivity contribution is 7.83. The van der Waals surface area contributed by atoms with Crippen molar-refractivity contribution in [3.8, 4) is 0 Å². The molecule has 0 N–H and O–H groups in total. The summed E-state index contributed by atoms with van der Waals surface area (Å²) in [7, 11) is 0. The molecule has 0 amide bonds. The Labute approximate surface area is 172 Å². The molecular weight excluding hydrogens is 522 g/mol. The smallest absolute Gasteiger partial charge is 0.305 e. The van der Waals surface area contributed by atoms with Gasteiger partial charge in [-0.25, -0.2) is 0 Å². The first kappa shape index (κ1) is 27.2. The molecule has 0 fully saturated rings. The van der Waals surface area contributed by atoms with E-state index >= 15 is 0 Å². The molecule has 1 rings (SSSR count). The van der Waals surface area contributed by atoms with Crippen LogP contribution in [0.4, 0.5) is 61.5 Å². The minimum absolute atomic E-state index is 0.401. The highest BCUT2D eigenvalue weighted by Crippen LogP contribution is 2.49. The van der Waals surface area contributed by atoms with Gasteiger partial charge in [0.25, 0.3) is 0 Å². The van der Waals surface area contributed by atoms with Gasteiger partial charge in [0.1, 0.15) is 10.1 Å². The second kappa shape index (κ2) is 7.63. The molecule has 1 heterocycles. The van der Waals surface area contributed by atoms with Gasteiger partial charge < -0.3 is 9.13 Å². The number of hydrogen-bond donors (Lipinski definition) is 2. The van der Waals surface area contributed by atoms with Gasteiger partial charge in [-0.05, 0) is 12.2 Å². The zero-order valence-electron chi connectivity index (χ0n) is 13.4. The van der Waals surface area contributed by atoms with Crippen LogP contribution >= 0.6 is 37.5 Å². The molecule has 0 aromatic carbocycles. The maximum Gasteiger partial charge on any atom is 0.459 e. The summed E-state index contributed by atoms with van der Waals surface area (Å²) in [4.78, 5) is 0. The van der Waals surface area contributed by atoms with E-state index in [1.54, 1.807) is 0 Å². The molecule has 0 aliphatic heterocycles. The van der Waals surface area contributed by atoms with Gasteiger partial charge in [-0.3, -0.25) is 0 Å². The van der Waals surface area contributed by atoms with E-state index in [-0.39, 0.29) is 0 Å². The molecule has 30 heavy (non-hydrogen) atoms. The van der Waals surface area contributed by atoms with Crippen LogP contribution in [0, 0.1) is 4.77 Å². The molecular formula is C11H6F14N2S3. The van der Waals surface area contributed by atoms with E-state index in [9.17, 15) is 61.5 Å². The first-order valence-corrected chi connectivity index (χ1v) is 8.08. The number of halogens is 14. The van der Waals surface area contributed by atoms with Crippen LogP contribution in [0.1, 0.15) is 0 Å². The lowest BCUT2D eigenvalue weighted by molar-refractivity contribution is -0.357. The first-order chi connectivity index (χ1) is 12.9. The highest BCUT2D eigenvalue weighted by atomic mass is 32.1. The van der Waals surface area contributed by atoms with E-state index in [4.69, 9.17) is 0 Å². The molecule has 0 spiro atoms. The average Bonchev–Trinajstić information content (AvgIpc) is 2.70. The normalized spacial score (nSPS) is 15.1. The van der Waals surface area contributed by atoms with Crippen LogP contribution in [0.2, 0.25) is 0 Å². The molecule has 0 saturated carbocycles. The Kier molecular flexibility index (Phi) is 6.91. The van der Waals surface area contributed by atoms with E-state index < -0.39 is 73.1 Å². The molecule has 1 aromatic heterocycles. The van der Waals surface area contributed by atoms with Gasteiger partial charge in [-0.15, -0.1) is 25.3 Å². The lowest BCUT2D eigenvalue weighted by Crippen LogP contribution is -2.54. The van der Waals surface area contributed by atoms with Crippen LogP contribution in [-0.2, 0) is 13.1 Å². The maximum atomic E-state index is 13.5. The summed E-state index contributed by atoms with van der Waals surface area (Å²) < 4.78 is 177. The van der Waals surface area contributed by atoms with Crippen molar-refractivity contribution in [2.75, 3.05) is 0 Å². The zero-order chi connectivity index (χ0) is 24.3. The third-order valence-electron chi connectivity index (χ3n) is 3.52. The number of hydrogen-bond acceptors (Lipinski definition) is 3. The summed E-state index contributed by atoms with van der Waals surface area (Å²) in [5, 5.41) is -2.35. The quantitative estimate of drug-likeness (QED) is 0.252. The highest BCUT2D eigenvalue weighted by Gasteiger charge is 2.74. The molecule has 0 atom stereocenters. The minimum atomic E-state index is -6.76. The van der Waals surface area contributed by atoms with Crippen molar-refractivity contribution >= 4 is 37.5 Å². The van der Waals surface area contributed by atoms with Gasteiger partial charge in [0.2, 0.25) is 0 Å². The Hall–Kier alpha value is -0.850. The number of thiol groups is 2. The summed E-state index contributed by atoms with van der Waals surface area (Å²) in [6.07, 6.45) is -13.5. The van der Waals surface area contributed by atoms with Gasteiger partial charge >= 0.3 is 36.0 Å². The van der Waals surface area contributed by atoms with Crippen molar-refractivity contribution in [3.05, 3.63) is 4.77 Å². The molecule has 0 radical (unpaired) electrons. The van der Waals surface area contributed by atoms with Crippen LogP contribution in [0.15, 0.2) is 10.1 Å². The van der Waals surface area contributed by atoms with Gasteiger partial charge in [-0.2, -0.15) is 61.5 Å². The van der Waals surface area contributed by atoms with E-state index in [0.29, 0.717) is 0 Å². The van der Waals surface area contributed by atoms with Gasteiger partial charge in [-0.1, -0.05) is 0 Å². The lowest BCUT2D eigenvalue weighted by Gasteiger charge is -2.29. The average molecular weight is 528 g/mol. The third-order valence-corrected chi connectivity index (χ3v) is 5.04. The largest absolute Gasteiger partial charge is 0.459 e. The first-order valence-electron chi connectivity index (χ1n) is 6.78. The Morgan fingerprint density at radius 2 is 0.800 bits per heavy atom. The Bertz CT molecular complexity index is 781. The van der Waals surface area contributed by atoms with E-state index in [1.165, 1.54) is 0 Å². The van der Waals surface area contributed by atoms with Crippen LogP contribution in [-0.4, -0.2) is 45.2 Å².